The van der Waals surface area contributed by atoms with Gasteiger partial charge in [0.2, 0.25) is 0 Å². The number of Topliss-reactive ketones (excluding diaryl/α,β-unsaturated/α-hetero) is 1. The van der Waals surface area contributed by atoms with Crippen LogP contribution in [0, 0.1) is 37.5 Å². The number of rotatable bonds is 5. The first-order chi connectivity index (χ1) is 19.0. The molecule has 5 rings (SSSR count). The van der Waals surface area contributed by atoms with Gasteiger partial charge in [0.05, 0.1) is 29.4 Å². The molecule has 1 aliphatic heterocycles. The Bertz CT molecular complexity index is 1620. The van der Waals surface area contributed by atoms with Gasteiger partial charge < -0.3 is 10.5 Å². The maximum Gasteiger partial charge on any atom is 0.162 e. The first kappa shape index (κ1) is 27.5. The van der Waals surface area contributed by atoms with Crippen molar-refractivity contribution in [2.75, 3.05) is 4.90 Å². The van der Waals surface area contributed by atoms with Gasteiger partial charge in [0, 0.05) is 28.9 Å². The molecule has 7 heteroatoms. The molecule has 40 heavy (non-hydrogen) atoms. The molecule has 0 spiro atoms. The maximum atomic E-state index is 13.9. The van der Waals surface area contributed by atoms with Gasteiger partial charge in [-0.05, 0) is 85.2 Å². The predicted molar refractivity (Wildman–Crippen MR) is 158 cm³/mol. The lowest BCUT2D eigenvalue weighted by molar-refractivity contribution is -0.118. The highest BCUT2D eigenvalue weighted by Gasteiger charge is 2.45. The number of nitrogens with two attached hydrogens (primary N) is 1. The molecule has 2 aromatic carbocycles. The molecule has 0 saturated carbocycles. The van der Waals surface area contributed by atoms with Gasteiger partial charge in [-0.2, -0.15) is 5.26 Å². The summed E-state index contributed by atoms with van der Waals surface area (Å²) in [5.41, 5.74) is 14.0. The molecule has 2 N–H and O–H groups in total. The minimum Gasteiger partial charge on any atom is -0.489 e. The van der Waals surface area contributed by atoms with Crippen molar-refractivity contribution >= 4 is 23.1 Å². The first-order valence-electron chi connectivity index (χ1n) is 13.4. The summed E-state index contributed by atoms with van der Waals surface area (Å²) in [5, 5.41) is 11.1. The second-order valence-electron chi connectivity index (χ2n) is 11.5. The average Bonchev–Trinajstić information content (AvgIpc) is 2.89. The van der Waals surface area contributed by atoms with Crippen LogP contribution in [0.1, 0.15) is 60.4 Å². The lowest BCUT2D eigenvalue weighted by Crippen LogP contribution is -2.42. The van der Waals surface area contributed by atoms with Crippen LogP contribution >= 0.6 is 11.6 Å². The number of halogens is 1. The van der Waals surface area contributed by atoms with E-state index < -0.39 is 5.92 Å². The van der Waals surface area contributed by atoms with Gasteiger partial charge >= 0.3 is 0 Å². The summed E-state index contributed by atoms with van der Waals surface area (Å²) >= 11 is 6.13. The van der Waals surface area contributed by atoms with Gasteiger partial charge in [-0.3, -0.25) is 14.7 Å². The van der Waals surface area contributed by atoms with Gasteiger partial charge in [-0.15, -0.1) is 0 Å². The summed E-state index contributed by atoms with van der Waals surface area (Å²) in [5.74, 6) is 0.571. The summed E-state index contributed by atoms with van der Waals surface area (Å²) in [6, 6.07) is 15.8. The van der Waals surface area contributed by atoms with E-state index in [4.69, 9.17) is 22.1 Å². The van der Waals surface area contributed by atoms with Crippen molar-refractivity contribution in [2.24, 2.45) is 11.1 Å². The van der Waals surface area contributed by atoms with Crippen LogP contribution < -0.4 is 15.4 Å². The number of hydrogen-bond acceptors (Lipinski definition) is 6. The third kappa shape index (κ3) is 4.98. The van der Waals surface area contributed by atoms with E-state index in [-0.39, 0.29) is 11.2 Å². The van der Waals surface area contributed by atoms with E-state index >= 15 is 0 Å². The largest absolute Gasteiger partial charge is 0.489 e. The monoisotopic (exact) mass is 552 g/mol. The molecule has 204 valence electrons. The molecule has 1 atom stereocenters. The number of benzene rings is 2. The fraction of sp³-hybridized carbons (Fsp3) is 0.303. The number of nitrogens with zero attached hydrogens (tertiary/aromatic N) is 3. The van der Waals surface area contributed by atoms with Crippen molar-refractivity contribution in [2.45, 2.75) is 60.0 Å². The van der Waals surface area contributed by atoms with Gasteiger partial charge in [0.15, 0.2) is 5.78 Å². The van der Waals surface area contributed by atoms with Crippen LogP contribution in [0.4, 0.5) is 5.69 Å². The topological polar surface area (TPSA) is 92.2 Å². The second kappa shape index (κ2) is 10.5. The van der Waals surface area contributed by atoms with Crippen molar-refractivity contribution in [3.8, 4) is 11.8 Å². The average molecular weight is 553 g/mol. The summed E-state index contributed by atoms with van der Waals surface area (Å²) < 4.78 is 6.21. The van der Waals surface area contributed by atoms with Gasteiger partial charge in [-0.25, -0.2) is 0 Å². The maximum absolute atomic E-state index is 13.9. The number of aryl methyl sites for hydroxylation is 2. The Labute approximate surface area is 240 Å². The Morgan fingerprint density at radius 1 is 1.18 bits per heavy atom. The number of ether oxygens (including phenoxy) is 1. The van der Waals surface area contributed by atoms with Crippen molar-refractivity contribution in [3.63, 3.8) is 0 Å². The molecule has 0 radical (unpaired) electrons. The fourth-order valence-electron chi connectivity index (χ4n) is 5.94. The Hall–Kier alpha value is -4.08. The molecule has 0 amide bonds. The van der Waals surface area contributed by atoms with E-state index in [1.807, 2.05) is 56.0 Å². The fourth-order valence-corrected chi connectivity index (χ4v) is 6.17. The second-order valence-corrected chi connectivity index (χ2v) is 12.0. The zero-order valence-corrected chi connectivity index (χ0v) is 24.3. The van der Waals surface area contributed by atoms with Gasteiger partial charge in [0.25, 0.3) is 0 Å². The zero-order valence-electron chi connectivity index (χ0n) is 23.5. The molecular weight excluding hydrogens is 520 g/mol. The molecule has 1 aromatic heterocycles. The minimum absolute atomic E-state index is 0.0425. The van der Waals surface area contributed by atoms with Crippen molar-refractivity contribution in [1.29, 1.82) is 5.26 Å². The number of nitriles is 1. The Morgan fingerprint density at radius 3 is 2.62 bits per heavy atom. The molecular formula is C33H33ClN4O2. The number of pyridine rings is 1. The van der Waals surface area contributed by atoms with Crippen LogP contribution in [0.25, 0.3) is 0 Å². The standard InChI is InChI=1S/C33H33ClN4O2/c1-19-11-22(18-40-29-9-8-23(34)13-20(29)2)21(3)25(12-19)30-26(16-35)32(36)38(24-7-6-10-37-17-24)27-14-33(4,5)15-28(39)31(27)30/h6-13,17,30H,14-15,18,36H2,1-5H3. The van der Waals surface area contributed by atoms with Crippen molar-refractivity contribution in [1.82, 2.24) is 4.98 Å². The highest BCUT2D eigenvalue weighted by Crippen LogP contribution is 2.50. The lowest BCUT2D eigenvalue weighted by Gasteiger charge is -2.44. The highest BCUT2D eigenvalue weighted by molar-refractivity contribution is 6.30. The number of aromatic nitrogens is 1. The smallest absolute Gasteiger partial charge is 0.162 e. The lowest BCUT2D eigenvalue weighted by atomic mass is 9.68. The molecule has 0 fully saturated rings. The number of anilines is 1. The normalized spacial score (nSPS) is 18.5. The number of ketones is 1. The number of carbonyl (C=O) groups excluding carboxylic acids is 1. The third-order valence-corrected chi connectivity index (χ3v) is 8.05. The van der Waals surface area contributed by atoms with E-state index in [2.05, 4.69) is 37.0 Å². The third-order valence-electron chi connectivity index (χ3n) is 7.82. The highest BCUT2D eigenvalue weighted by atomic mass is 35.5. The summed E-state index contributed by atoms with van der Waals surface area (Å²) in [4.78, 5) is 20.1. The number of carbonyl (C=O) groups is 1. The molecule has 3 aromatic rings. The summed E-state index contributed by atoms with van der Waals surface area (Å²) in [6.45, 7) is 10.5. The molecule has 1 aliphatic carbocycles. The Kier molecular flexibility index (Phi) is 7.20. The van der Waals surface area contributed by atoms with E-state index in [1.54, 1.807) is 12.4 Å². The Balaban J connectivity index is 1.66. The van der Waals surface area contributed by atoms with Gasteiger partial charge in [-0.1, -0.05) is 43.1 Å². The SMILES string of the molecule is Cc1cc(COc2ccc(Cl)cc2C)c(C)c(C2C(C#N)=C(N)N(c3cccnc3)C3=C2C(=O)CC(C)(C)C3)c1. The zero-order chi connectivity index (χ0) is 28.8. The summed E-state index contributed by atoms with van der Waals surface area (Å²) in [6.07, 6.45) is 4.46. The van der Waals surface area contributed by atoms with E-state index in [0.717, 1.165) is 45.0 Å². The predicted octanol–water partition coefficient (Wildman–Crippen LogP) is 7.18. The van der Waals surface area contributed by atoms with E-state index in [1.165, 1.54) is 0 Å². The first-order valence-corrected chi connectivity index (χ1v) is 13.7. The molecule has 0 bridgehead atoms. The van der Waals surface area contributed by atoms with Crippen molar-refractivity contribution < 1.29 is 9.53 Å². The molecule has 6 nitrogen and oxygen atoms in total. The Morgan fingerprint density at radius 2 is 1.95 bits per heavy atom. The van der Waals surface area contributed by atoms with Crippen LogP contribution in [0.2, 0.25) is 5.02 Å². The summed E-state index contributed by atoms with van der Waals surface area (Å²) in [7, 11) is 0. The van der Waals surface area contributed by atoms with Crippen molar-refractivity contribution in [3.05, 3.63) is 110 Å². The van der Waals surface area contributed by atoms with E-state index in [9.17, 15) is 10.1 Å². The molecule has 0 saturated heterocycles. The van der Waals surface area contributed by atoms with Crippen LogP contribution in [0.5, 0.6) is 5.75 Å². The molecule has 1 unspecified atom stereocenters. The van der Waals surface area contributed by atoms with Crippen LogP contribution in [-0.4, -0.2) is 10.8 Å². The van der Waals surface area contributed by atoms with Crippen LogP contribution in [0.3, 0.4) is 0 Å². The van der Waals surface area contributed by atoms with E-state index in [0.29, 0.717) is 41.4 Å². The molecule has 2 aliphatic rings. The number of hydrogen-bond donors (Lipinski definition) is 1. The minimum atomic E-state index is -0.563. The molecule has 2 heterocycles. The van der Waals surface area contributed by atoms with Crippen LogP contribution in [-0.2, 0) is 11.4 Å². The van der Waals surface area contributed by atoms with Crippen LogP contribution in [0.15, 0.2) is 77.5 Å². The number of allylic oxidation sites excluding steroid dienone is 3. The quantitative estimate of drug-likeness (QED) is 0.360. The van der Waals surface area contributed by atoms with Gasteiger partial charge in [0.1, 0.15) is 18.2 Å².